The van der Waals surface area contributed by atoms with Crippen molar-refractivity contribution in [2.45, 2.75) is 28.9 Å². The summed E-state index contributed by atoms with van der Waals surface area (Å²) in [4.78, 5) is 11.5. The fourth-order valence-electron chi connectivity index (χ4n) is 1.63. The van der Waals surface area contributed by atoms with Gasteiger partial charge in [0.2, 0.25) is 0 Å². The lowest BCUT2D eigenvalue weighted by Gasteiger charge is -2.06. The molecule has 0 radical (unpaired) electrons. The smallest absolute Gasteiger partial charge is 0.307 e. The number of halogens is 1. The molecule has 0 aliphatic rings. The number of aryl methyl sites for hydroxylation is 1. The van der Waals surface area contributed by atoms with Crippen LogP contribution in [0.15, 0.2) is 38.8 Å². The van der Waals surface area contributed by atoms with Crippen LogP contribution >= 0.6 is 23.1 Å². The molecule has 0 unspecified atom stereocenters. The first kappa shape index (κ1) is 14.1. The number of thiophene rings is 1. The highest BCUT2D eigenvalue weighted by Gasteiger charge is 2.10. The Balaban J connectivity index is 2.26. The van der Waals surface area contributed by atoms with Gasteiger partial charge in [-0.2, -0.15) is 0 Å². The summed E-state index contributed by atoms with van der Waals surface area (Å²) in [6.45, 7) is 2.08. The molecular formula is C14H13FO2S2. The zero-order valence-electron chi connectivity index (χ0n) is 10.4. The highest BCUT2D eigenvalue weighted by Crippen LogP contribution is 2.35. The summed E-state index contributed by atoms with van der Waals surface area (Å²) in [6, 6.07) is 6.30. The Labute approximate surface area is 119 Å². The maximum absolute atomic E-state index is 13.3. The lowest BCUT2D eigenvalue weighted by molar-refractivity contribution is -0.136. The van der Waals surface area contributed by atoms with Crippen LogP contribution in [0.4, 0.5) is 4.39 Å². The van der Waals surface area contributed by atoms with E-state index in [1.54, 1.807) is 17.4 Å². The number of carboxylic acid groups (broad SMARTS) is 1. The van der Waals surface area contributed by atoms with Gasteiger partial charge in [-0.1, -0.05) is 24.8 Å². The van der Waals surface area contributed by atoms with E-state index in [0.717, 1.165) is 10.6 Å². The second-order valence-corrected chi connectivity index (χ2v) is 6.31. The van der Waals surface area contributed by atoms with Gasteiger partial charge in [-0.15, -0.1) is 11.3 Å². The molecule has 1 heterocycles. The number of carboxylic acids is 1. The summed E-state index contributed by atoms with van der Waals surface area (Å²) in [5, 5.41) is 10.9. The summed E-state index contributed by atoms with van der Waals surface area (Å²) in [5.74, 6) is -1.25. The molecule has 100 valence electrons. The second kappa shape index (κ2) is 6.21. The van der Waals surface area contributed by atoms with Crippen molar-refractivity contribution in [3.05, 3.63) is 46.6 Å². The first-order valence-electron chi connectivity index (χ1n) is 5.84. The summed E-state index contributed by atoms with van der Waals surface area (Å²) >= 11 is 3.02. The maximum atomic E-state index is 13.3. The van der Waals surface area contributed by atoms with Gasteiger partial charge in [-0.05, 0) is 41.1 Å². The molecular weight excluding hydrogens is 283 g/mol. The third kappa shape index (κ3) is 3.81. The van der Waals surface area contributed by atoms with Gasteiger partial charge in [0.05, 0.1) is 10.6 Å². The van der Waals surface area contributed by atoms with E-state index >= 15 is 0 Å². The van der Waals surface area contributed by atoms with E-state index in [1.807, 2.05) is 0 Å². The number of hydrogen-bond acceptors (Lipinski definition) is 3. The fraction of sp³-hybridized carbons (Fsp3) is 0.214. The molecule has 0 bridgehead atoms. The second-order valence-electron chi connectivity index (χ2n) is 4.05. The van der Waals surface area contributed by atoms with E-state index in [-0.39, 0.29) is 12.2 Å². The first-order chi connectivity index (χ1) is 9.08. The Kier molecular flexibility index (Phi) is 4.61. The molecule has 1 aromatic heterocycles. The molecule has 0 spiro atoms. The summed E-state index contributed by atoms with van der Waals surface area (Å²) in [6.07, 6.45) is 0.872. The number of benzene rings is 1. The standard InChI is InChI=1S/C14H13FO2S2/c1-2-9-5-14(18-8-9)19-12-7-11(15)4-3-10(12)6-13(16)17/h3-5,7-8H,2,6H2,1H3,(H,16,17). The minimum Gasteiger partial charge on any atom is -0.481 e. The lowest BCUT2D eigenvalue weighted by atomic mass is 10.1. The largest absolute Gasteiger partial charge is 0.481 e. The molecule has 5 heteroatoms. The minimum atomic E-state index is -0.908. The van der Waals surface area contributed by atoms with E-state index in [4.69, 9.17) is 5.11 Å². The molecule has 0 saturated carbocycles. The zero-order valence-corrected chi connectivity index (χ0v) is 12.0. The molecule has 0 aliphatic heterocycles. The van der Waals surface area contributed by atoms with E-state index in [9.17, 15) is 9.18 Å². The fourth-order valence-corrected chi connectivity index (χ4v) is 3.83. The van der Waals surface area contributed by atoms with Crippen LogP contribution < -0.4 is 0 Å². The van der Waals surface area contributed by atoms with E-state index in [2.05, 4.69) is 18.4 Å². The zero-order chi connectivity index (χ0) is 13.8. The van der Waals surface area contributed by atoms with Gasteiger partial charge >= 0.3 is 5.97 Å². The molecule has 19 heavy (non-hydrogen) atoms. The lowest BCUT2D eigenvalue weighted by Crippen LogP contribution is -2.01. The SMILES string of the molecule is CCc1csc(Sc2cc(F)ccc2CC(=O)O)c1. The van der Waals surface area contributed by atoms with Crippen LogP contribution in [0.1, 0.15) is 18.1 Å². The van der Waals surface area contributed by atoms with Gasteiger partial charge in [0, 0.05) is 4.90 Å². The third-order valence-corrected chi connectivity index (χ3v) is 4.85. The topological polar surface area (TPSA) is 37.3 Å². The highest BCUT2D eigenvalue weighted by atomic mass is 32.2. The van der Waals surface area contributed by atoms with Gasteiger partial charge in [0.15, 0.2) is 0 Å². The van der Waals surface area contributed by atoms with Crippen molar-refractivity contribution in [3.63, 3.8) is 0 Å². The summed E-state index contributed by atoms with van der Waals surface area (Å²) in [5.41, 5.74) is 1.88. The van der Waals surface area contributed by atoms with Crippen LogP contribution in [0.5, 0.6) is 0 Å². The molecule has 0 amide bonds. The summed E-state index contributed by atoms with van der Waals surface area (Å²) in [7, 11) is 0. The molecule has 2 rings (SSSR count). The van der Waals surface area contributed by atoms with Gasteiger partial charge in [-0.3, -0.25) is 4.79 Å². The molecule has 0 saturated heterocycles. The number of hydrogen-bond donors (Lipinski definition) is 1. The van der Waals surface area contributed by atoms with Gasteiger partial charge in [0.1, 0.15) is 5.82 Å². The van der Waals surface area contributed by atoms with Crippen LogP contribution in [0.3, 0.4) is 0 Å². The van der Waals surface area contributed by atoms with Crippen LogP contribution in [0.2, 0.25) is 0 Å². The van der Waals surface area contributed by atoms with Crippen molar-refractivity contribution in [3.8, 4) is 0 Å². The molecule has 0 fully saturated rings. The molecule has 2 nitrogen and oxygen atoms in total. The van der Waals surface area contributed by atoms with E-state index in [1.165, 1.54) is 29.5 Å². The Hall–Kier alpha value is -1.33. The maximum Gasteiger partial charge on any atom is 0.307 e. The predicted molar refractivity (Wildman–Crippen MR) is 75.6 cm³/mol. The van der Waals surface area contributed by atoms with Crippen LogP contribution in [-0.4, -0.2) is 11.1 Å². The summed E-state index contributed by atoms with van der Waals surface area (Å²) < 4.78 is 14.4. The van der Waals surface area contributed by atoms with Crippen molar-refractivity contribution in [1.29, 1.82) is 0 Å². The number of carbonyl (C=O) groups is 1. The number of rotatable bonds is 5. The molecule has 1 aromatic carbocycles. The minimum absolute atomic E-state index is 0.0887. The van der Waals surface area contributed by atoms with E-state index in [0.29, 0.717) is 10.5 Å². The monoisotopic (exact) mass is 296 g/mol. The normalized spacial score (nSPS) is 10.6. The molecule has 2 aromatic rings. The Morgan fingerprint density at radius 1 is 1.42 bits per heavy atom. The third-order valence-electron chi connectivity index (χ3n) is 2.62. The van der Waals surface area contributed by atoms with Crippen LogP contribution in [0, 0.1) is 5.82 Å². The first-order valence-corrected chi connectivity index (χ1v) is 7.53. The molecule has 1 N–H and O–H groups in total. The molecule has 0 atom stereocenters. The van der Waals surface area contributed by atoms with Crippen LogP contribution in [0.25, 0.3) is 0 Å². The Morgan fingerprint density at radius 3 is 2.84 bits per heavy atom. The van der Waals surface area contributed by atoms with Crippen molar-refractivity contribution >= 4 is 29.1 Å². The quantitative estimate of drug-likeness (QED) is 0.897. The average Bonchev–Trinajstić information content (AvgIpc) is 2.80. The van der Waals surface area contributed by atoms with Crippen molar-refractivity contribution in [1.82, 2.24) is 0 Å². The average molecular weight is 296 g/mol. The number of aliphatic carboxylic acids is 1. The van der Waals surface area contributed by atoms with Crippen molar-refractivity contribution in [2.24, 2.45) is 0 Å². The van der Waals surface area contributed by atoms with Crippen LogP contribution in [-0.2, 0) is 17.6 Å². The highest BCUT2D eigenvalue weighted by molar-refractivity contribution is 8.01. The van der Waals surface area contributed by atoms with Gasteiger partial charge < -0.3 is 5.11 Å². The Bertz CT molecular complexity index is 593. The van der Waals surface area contributed by atoms with Gasteiger partial charge in [0.25, 0.3) is 0 Å². The van der Waals surface area contributed by atoms with Crippen molar-refractivity contribution < 1.29 is 14.3 Å². The van der Waals surface area contributed by atoms with E-state index < -0.39 is 5.97 Å². The van der Waals surface area contributed by atoms with Crippen molar-refractivity contribution in [2.75, 3.05) is 0 Å². The molecule has 0 aliphatic carbocycles. The van der Waals surface area contributed by atoms with Gasteiger partial charge in [-0.25, -0.2) is 4.39 Å². The predicted octanol–water partition coefficient (Wildman–Crippen LogP) is 4.23. The Morgan fingerprint density at radius 2 is 2.21 bits per heavy atom.